The zero-order valence-corrected chi connectivity index (χ0v) is 22.0. The van der Waals surface area contributed by atoms with Gasteiger partial charge in [0.15, 0.2) is 0 Å². The fourth-order valence-corrected chi connectivity index (χ4v) is 6.01. The summed E-state index contributed by atoms with van der Waals surface area (Å²) in [6.07, 6.45) is 5.51. The van der Waals surface area contributed by atoms with E-state index in [0.717, 1.165) is 18.4 Å². The number of anilines is 1. The molecule has 1 saturated carbocycles. The van der Waals surface area contributed by atoms with Gasteiger partial charge in [-0.15, -0.1) is 0 Å². The summed E-state index contributed by atoms with van der Waals surface area (Å²) in [5.41, 5.74) is 2.42. The normalized spacial score (nSPS) is 19.1. The van der Waals surface area contributed by atoms with Crippen LogP contribution < -0.4 is 4.90 Å². The second-order valence-electron chi connectivity index (χ2n) is 11.1. The van der Waals surface area contributed by atoms with Crippen LogP contribution in [0.4, 0.5) is 10.1 Å². The third-order valence-electron chi connectivity index (χ3n) is 8.50. The predicted octanol–water partition coefficient (Wildman–Crippen LogP) is 4.42. The Labute approximate surface area is 227 Å². The number of benzene rings is 2. The van der Waals surface area contributed by atoms with Crippen LogP contribution in [0, 0.1) is 28.5 Å². The minimum Gasteiger partial charge on any atom is -0.370 e. The van der Waals surface area contributed by atoms with Crippen molar-refractivity contribution in [2.75, 3.05) is 44.2 Å². The highest BCUT2D eigenvalue weighted by Crippen LogP contribution is 2.39. The van der Waals surface area contributed by atoms with E-state index in [1.54, 1.807) is 17.2 Å². The molecule has 7 nitrogen and oxygen atoms in total. The second kappa shape index (κ2) is 10.3. The molecule has 2 aromatic carbocycles. The first kappa shape index (κ1) is 25.3. The predicted molar refractivity (Wildman–Crippen MR) is 147 cm³/mol. The molecule has 2 amide bonds. The molecular formula is C31H32FN5O2. The van der Waals surface area contributed by atoms with E-state index < -0.39 is 5.41 Å². The molecule has 2 aliphatic heterocycles. The minimum atomic E-state index is -0.486. The Morgan fingerprint density at radius 3 is 2.33 bits per heavy atom. The Kier molecular flexibility index (Phi) is 6.68. The lowest BCUT2D eigenvalue weighted by molar-refractivity contribution is -0.134. The van der Waals surface area contributed by atoms with E-state index >= 15 is 0 Å². The molecule has 3 heterocycles. The summed E-state index contributed by atoms with van der Waals surface area (Å²) in [5.74, 6) is -0.159. The third kappa shape index (κ3) is 5.06. The number of nitrogens with zero attached hydrogens (tertiary/aromatic N) is 5. The van der Waals surface area contributed by atoms with E-state index in [-0.39, 0.29) is 23.5 Å². The van der Waals surface area contributed by atoms with Crippen molar-refractivity contribution < 1.29 is 14.0 Å². The molecule has 8 heteroatoms. The van der Waals surface area contributed by atoms with Gasteiger partial charge in [0.2, 0.25) is 5.91 Å². The van der Waals surface area contributed by atoms with Crippen molar-refractivity contribution in [1.29, 1.82) is 5.26 Å². The molecule has 0 unspecified atom stereocenters. The lowest BCUT2D eigenvalue weighted by atomic mass is 9.75. The van der Waals surface area contributed by atoms with E-state index in [4.69, 9.17) is 0 Å². The number of nitriles is 1. The van der Waals surface area contributed by atoms with Crippen LogP contribution in [0.25, 0.3) is 10.9 Å². The zero-order valence-electron chi connectivity index (χ0n) is 22.0. The van der Waals surface area contributed by atoms with Crippen molar-refractivity contribution in [3.63, 3.8) is 0 Å². The molecule has 39 heavy (non-hydrogen) atoms. The maximum absolute atomic E-state index is 14.5. The quantitative estimate of drug-likeness (QED) is 0.493. The highest BCUT2D eigenvalue weighted by Gasteiger charge is 2.38. The average molecular weight is 526 g/mol. The van der Waals surface area contributed by atoms with Crippen LogP contribution in [0.5, 0.6) is 0 Å². The molecule has 2 saturated heterocycles. The summed E-state index contributed by atoms with van der Waals surface area (Å²) < 4.78 is 14.5. The number of pyridine rings is 1. The van der Waals surface area contributed by atoms with Gasteiger partial charge in [0.05, 0.1) is 28.3 Å². The molecule has 3 fully saturated rings. The fraction of sp³-hybridized carbons (Fsp3) is 0.419. The maximum Gasteiger partial charge on any atom is 0.257 e. The van der Waals surface area contributed by atoms with Crippen LogP contribution in [0.2, 0.25) is 0 Å². The summed E-state index contributed by atoms with van der Waals surface area (Å²) in [5, 5.41) is 10.8. The summed E-state index contributed by atoms with van der Waals surface area (Å²) >= 11 is 0. The van der Waals surface area contributed by atoms with Gasteiger partial charge in [-0.25, -0.2) is 4.39 Å². The highest BCUT2D eigenvalue weighted by molar-refractivity contribution is 6.07. The Morgan fingerprint density at radius 2 is 1.67 bits per heavy atom. The molecule has 1 aromatic heterocycles. The first-order valence-electron chi connectivity index (χ1n) is 13.8. The van der Waals surface area contributed by atoms with Crippen LogP contribution in [0.1, 0.15) is 41.6 Å². The molecule has 0 N–H and O–H groups in total. The van der Waals surface area contributed by atoms with E-state index in [1.165, 1.54) is 12.1 Å². The summed E-state index contributed by atoms with van der Waals surface area (Å²) in [6.45, 7) is 3.15. The lowest BCUT2D eigenvalue weighted by Crippen LogP contribution is -2.51. The van der Waals surface area contributed by atoms with Crippen LogP contribution in [-0.4, -0.2) is 65.9 Å². The monoisotopic (exact) mass is 525 g/mol. The van der Waals surface area contributed by atoms with Gasteiger partial charge in [0.1, 0.15) is 5.82 Å². The minimum absolute atomic E-state index is 0.149. The molecule has 0 atom stereocenters. The van der Waals surface area contributed by atoms with Gasteiger partial charge >= 0.3 is 0 Å². The number of amides is 2. The maximum atomic E-state index is 14.5. The topological polar surface area (TPSA) is 80.5 Å². The Bertz CT molecular complexity index is 1430. The zero-order chi connectivity index (χ0) is 27.0. The second-order valence-corrected chi connectivity index (χ2v) is 11.1. The summed E-state index contributed by atoms with van der Waals surface area (Å²) in [4.78, 5) is 36.6. The fourth-order valence-electron chi connectivity index (χ4n) is 6.01. The number of hydrogen-bond donors (Lipinski definition) is 0. The number of carbonyl (C=O) groups excluding carboxylic acids is 2. The van der Waals surface area contributed by atoms with Crippen LogP contribution in [0.15, 0.2) is 54.7 Å². The number of piperazine rings is 1. The third-order valence-corrected chi connectivity index (χ3v) is 8.50. The van der Waals surface area contributed by atoms with E-state index in [9.17, 15) is 19.2 Å². The largest absolute Gasteiger partial charge is 0.370 e. The van der Waals surface area contributed by atoms with Crippen molar-refractivity contribution in [3.8, 4) is 6.07 Å². The number of aromatic nitrogens is 1. The number of rotatable bonds is 5. The molecular weight excluding hydrogens is 493 g/mol. The smallest absolute Gasteiger partial charge is 0.257 e. The van der Waals surface area contributed by atoms with Gasteiger partial charge in [-0.1, -0.05) is 30.3 Å². The number of hydrogen-bond acceptors (Lipinski definition) is 5. The molecule has 200 valence electrons. The van der Waals surface area contributed by atoms with Gasteiger partial charge < -0.3 is 14.7 Å². The number of fused-ring (bicyclic) bond motifs is 1. The summed E-state index contributed by atoms with van der Waals surface area (Å²) in [6, 6.07) is 17.1. The number of piperidine rings is 1. The molecule has 6 rings (SSSR count). The Balaban J connectivity index is 1.26. The van der Waals surface area contributed by atoms with E-state index in [1.807, 2.05) is 23.1 Å². The molecule has 0 radical (unpaired) electrons. The van der Waals surface area contributed by atoms with Crippen molar-refractivity contribution in [2.45, 2.75) is 32.1 Å². The van der Waals surface area contributed by atoms with Crippen molar-refractivity contribution in [2.24, 2.45) is 11.3 Å². The molecule has 3 aromatic rings. The Hall–Kier alpha value is -3.99. The standard InChI is InChI=1S/C31H32FN5O2/c32-24-8-9-27-25(18-24)28(35-12-10-31(21-33,11-13-35)19-22-4-2-1-3-5-22)26(20-34-27)30(39)37-16-14-36(15-17-37)29(38)23-6-7-23/h1-5,8-9,18,20,23H,6-7,10-17,19H2. The Morgan fingerprint density at radius 1 is 0.974 bits per heavy atom. The first-order valence-corrected chi connectivity index (χ1v) is 13.8. The van der Waals surface area contributed by atoms with Crippen molar-refractivity contribution >= 4 is 28.4 Å². The van der Waals surface area contributed by atoms with Gasteiger partial charge in [0.25, 0.3) is 5.91 Å². The van der Waals surface area contributed by atoms with Gasteiger partial charge in [-0.3, -0.25) is 14.6 Å². The van der Waals surface area contributed by atoms with Crippen molar-refractivity contribution in [3.05, 3.63) is 71.7 Å². The van der Waals surface area contributed by atoms with Crippen LogP contribution in [-0.2, 0) is 11.2 Å². The summed E-state index contributed by atoms with van der Waals surface area (Å²) in [7, 11) is 0. The lowest BCUT2D eigenvalue weighted by Gasteiger charge is -2.40. The van der Waals surface area contributed by atoms with E-state index in [0.29, 0.717) is 80.7 Å². The van der Waals surface area contributed by atoms with E-state index in [2.05, 4.69) is 28.1 Å². The molecule has 3 aliphatic rings. The van der Waals surface area contributed by atoms with Gasteiger partial charge in [-0.2, -0.15) is 5.26 Å². The average Bonchev–Trinajstić information content (AvgIpc) is 3.83. The number of halogens is 1. The number of carbonyl (C=O) groups is 2. The van der Waals surface area contributed by atoms with Crippen LogP contribution >= 0.6 is 0 Å². The molecule has 0 bridgehead atoms. The SMILES string of the molecule is N#CC1(Cc2ccccc2)CCN(c2c(C(=O)N3CCN(C(=O)C4CC4)CC3)cnc3ccc(F)cc23)CC1. The molecule has 1 aliphatic carbocycles. The van der Waals surface area contributed by atoms with Gasteiger partial charge in [0, 0.05) is 56.8 Å². The molecule has 0 spiro atoms. The first-order chi connectivity index (χ1) is 19.0. The van der Waals surface area contributed by atoms with Crippen molar-refractivity contribution in [1.82, 2.24) is 14.8 Å². The highest BCUT2D eigenvalue weighted by atomic mass is 19.1. The van der Waals surface area contributed by atoms with Crippen LogP contribution in [0.3, 0.4) is 0 Å². The van der Waals surface area contributed by atoms with Gasteiger partial charge in [-0.05, 0) is 55.9 Å².